The van der Waals surface area contributed by atoms with Gasteiger partial charge < -0.3 is 4.74 Å². The fourth-order valence-electron chi connectivity index (χ4n) is 1.59. The van der Waals surface area contributed by atoms with E-state index in [1.807, 2.05) is 0 Å². The highest BCUT2D eigenvalue weighted by atomic mass is 19.4. The second-order valence-electron chi connectivity index (χ2n) is 3.20. The minimum atomic E-state index is -4.25. The maximum absolute atomic E-state index is 12.3. The van der Waals surface area contributed by atoms with Crippen molar-refractivity contribution in [2.24, 2.45) is 5.92 Å². The van der Waals surface area contributed by atoms with Gasteiger partial charge in [0.15, 0.2) is 0 Å². The van der Waals surface area contributed by atoms with Crippen molar-refractivity contribution in [1.29, 1.82) is 0 Å². The molecule has 1 saturated carbocycles. The van der Waals surface area contributed by atoms with E-state index in [1.165, 1.54) is 7.11 Å². The fourth-order valence-corrected chi connectivity index (χ4v) is 1.59. The van der Waals surface area contributed by atoms with Crippen molar-refractivity contribution in [3.8, 4) is 0 Å². The van der Waals surface area contributed by atoms with Gasteiger partial charge in [-0.25, -0.2) is 0 Å². The summed E-state index contributed by atoms with van der Waals surface area (Å²) < 4.78 is 41.6. The topological polar surface area (TPSA) is 26.3 Å². The van der Waals surface area contributed by atoms with Crippen LogP contribution in [0.3, 0.4) is 0 Å². The molecule has 5 heteroatoms. The van der Waals surface area contributed by atoms with Crippen molar-refractivity contribution in [2.75, 3.05) is 7.11 Å². The molecule has 1 fully saturated rings. The summed E-state index contributed by atoms with van der Waals surface area (Å²) in [6, 6.07) is 0. The van der Waals surface area contributed by atoms with Crippen molar-refractivity contribution in [3.63, 3.8) is 0 Å². The molecule has 0 aromatic rings. The second kappa shape index (κ2) is 3.65. The molecule has 2 unspecified atom stereocenters. The van der Waals surface area contributed by atoms with Crippen LogP contribution >= 0.6 is 0 Å². The Morgan fingerprint density at radius 1 is 1.46 bits per heavy atom. The molecular formula is C8H11F3O2. The molecular weight excluding hydrogens is 185 g/mol. The van der Waals surface area contributed by atoms with E-state index in [9.17, 15) is 18.0 Å². The molecule has 1 aliphatic carbocycles. The quantitative estimate of drug-likeness (QED) is 0.640. The number of carbonyl (C=O) groups is 1. The minimum Gasteiger partial charge on any atom is -0.380 e. The Hall–Kier alpha value is -0.580. The first kappa shape index (κ1) is 10.5. The molecule has 1 rings (SSSR count). The zero-order chi connectivity index (χ0) is 10.1. The van der Waals surface area contributed by atoms with Crippen molar-refractivity contribution < 1.29 is 22.7 Å². The predicted molar refractivity (Wildman–Crippen MR) is 39.2 cm³/mol. The van der Waals surface area contributed by atoms with Crippen LogP contribution in [0.4, 0.5) is 13.2 Å². The van der Waals surface area contributed by atoms with Crippen molar-refractivity contribution >= 4 is 5.78 Å². The van der Waals surface area contributed by atoms with Crippen LogP contribution in [0.1, 0.15) is 19.3 Å². The zero-order valence-corrected chi connectivity index (χ0v) is 7.23. The molecule has 13 heavy (non-hydrogen) atoms. The summed E-state index contributed by atoms with van der Waals surface area (Å²) in [5.41, 5.74) is 0. The number of ketones is 1. The van der Waals surface area contributed by atoms with Gasteiger partial charge in [0.2, 0.25) is 0 Å². The molecule has 0 aromatic heterocycles. The normalized spacial score (nSPS) is 30.6. The van der Waals surface area contributed by atoms with Gasteiger partial charge in [0, 0.05) is 20.0 Å². The van der Waals surface area contributed by atoms with Crippen LogP contribution < -0.4 is 0 Å². The van der Waals surface area contributed by atoms with Crippen molar-refractivity contribution in [3.05, 3.63) is 0 Å². The monoisotopic (exact) mass is 196 g/mol. The Labute approximate surface area is 74.1 Å². The molecule has 0 heterocycles. The SMILES string of the molecule is COC1CC(=O)CCC1C(F)(F)F. The van der Waals surface area contributed by atoms with Crippen LogP contribution in [0, 0.1) is 5.92 Å². The molecule has 1 aliphatic rings. The summed E-state index contributed by atoms with van der Waals surface area (Å²) in [7, 11) is 1.21. The van der Waals surface area contributed by atoms with Crippen molar-refractivity contribution in [1.82, 2.24) is 0 Å². The van der Waals surface area contributed by atoms with Gasteiger partial charge in [0.05, 0.1) is 12.0 Å². The molecule has 0 aromatic carbocycles. The second-order valence-corrected chi connectivity index (χ2v) is 3.20. The third-order valence-electron chi connectivity index (χ3n) is 2.34. The van der Waals surface area contributed by atoms with E-state index in [4.69, 9.17) is 0 Å². The molecule has 0 saturated heterocycles. The van der Waals surface area contributed by atoms with Crippen LogP contribution in [0.5, 0.6) is 0 Å². The molecule has 0 spiro atoms. The van der Waals surface area contributed by atoms with E-state index in [2.05, 4.69) is 4.74 Å². The van der Waals surface area contributed by atoms with E-state index >= 15 is 0 Å². The van der Waals surface area contributed by atoms with Crippen LogP contribution in [0.2, 0.25) is 0 Å². The summed E-state index contributed by atoms with van der Waals surface area (Å²) in [6.07, 6.45) is -5.46. The molecule has 2 atom stereocenters. The predicted octanol–water partition coefficient (Wildman–Crippen LogP) is 1.93. The summed E-state index contributed by atoms with van der Waals surface area (Å²) in [4.78, 5) is 10.9. The largest absolute Gasteiger partial charge is 0.394 e. The van der Waals surface area contributed by atoms with Gasteiger partial charge in [-0.1, -0.05) is 0 Å². The van der Waals surface area contributed by atoms with Gasteiger partial charge in [-0.3, -0.25) is 4.79 Å². The number of rotatable bonds is 1. The highest BCUT2D eigenvalue weighted by Gasteiger charge is 2.47. The van der Waals surface area contributed by atoms with Crippen LogP contribution in [-0.2, 0) is 9.53 Å². The first-order valence-electron chi connectivity index (χ1n) is 4.06. The molecule has 76 valence electrons. The third-order valence-corrected chi connectivity index (χ3v) is 2.34. The number of halogens is 3. The summed E-state index contributed by atoms with van der Waals surface area (Å²) in [5, 5.41) is 0. The standard InChI is InChI=1S/C8H11F3O2/c1-13-7-4-5(12)2-3-6(7)8(9,10)11/h6-7H,2-4H2,1H3. The van der Waals surface area contributed by atoms with E-state index in [1.54, 1.807) is 0 Å². The van der Waals surface area contributed by atoms with Gasteiger partial charge in [-0.2, -0.15) is 13.2 Å². The first-order valence-corrected chi connectivity index (χ1v) is 4.06. The van der Waals surface area contributed by atoms with Crippen molar-refractivity contribution in [2.45, 2.75) is 31.5 Å². The summed E-state index contributed by atoms with van der Waals surface area (Å²) in [5.74, 6) is -1.62. The zero-order valence-electron chi connectivity index (χ0n) is 7.23. The van der Waals surface area contributed by atoms with E-state index < -0.39 is 18.2 Å². The maximum Gasteiger partial charge on any atom is 0.394 e. The number of hydrogen-bond acceptors (Lipinski definition) is 2. The van der Waals surface area contributed by atoms with Crippen LogP contribution in [-0.4, -0.2) is 25.2 Å². The van der Waals surface area contributed by atoms with Gasteiger partial charge in [-0.05, 0) is 6.42 Å². The summed E-state index contributed by atoms with van der Waals surface area (Å²) >= 11 is 0. The number of alkyl halides is 3. The average molecular weight is 196 g/mol. The Morgan fingerprint density at radius 2 is 2.08 bits per heavy atom. The van der Waals surface area contributed by atoms with E-state index in [-0.39, 0.29) is 25.0 Å². The Bertz CT molecular complexity index is 200. The van der Waals surface area contributed by atoms with Crippen LogP contribution in [0.25, 0.3) is 0 Å². The molecule has 0 bridgehead atoms. The van der Waals surface area contributed by atoms with E-state index in [0.717, 1.165) is 0 Å². The smallest absolute Gasteiger partial charge is 0.380 e. The number of carbonyl (C=O) groups excluding carboxylic acids is 1. The lowest BCUT2D eigenvalue weighted by atomic mass is 9.85. The molecule has 0 aliphatic heterocycles. The minimum absolute atomic E-state index is 0.0179. The maximum atomic E-state index is 12.3. The molecule has 2 nitrogen and oxygen atoms in total. The first-order chi connectivity index (χ1) is 5.95. The van der Waals surface area contributed by atoms with Gasteiger partial charge in [0.25, 0.3) is 0 Å². The number of ether oxygens (including phenoxy) is 1. The molecule has 0 N–H and O–H groups in total. The highest BCUT2D eigenvalue weighted by Crippen LogP contribution is 2.37. The number of hydrogen-bond donors (Lipinski definition) is 0. The lowest BCUT2D eigenvalue weighted by Crippen LogP contribution is -2.40. The highest BCUT2D eigenvalue weighted by molar-refractivity contribution is 5.79. The Morgan fingerprint density at radius 3 is 2.54 bits per heavy atom. The van der Waals surface area contributed by atoms with Gasteiger partial charge in [0.1, 0.15) is 5.78 Å². The molecule has 0 radical (unpaired) electrons. The Kier molecular flexibility index (Phi) is 2.95. The van der Waals surface area contributed by atoms with Gasteiger partial charge in [-0.15, -0.1) is 0 Å². The lowest BCUT2D eigenvalue weighted by Gasteiger charge is -2.30. The third kappa shape index (κ3) is 2.43. The summed E-state index contributed by atoms with van der Waals surface area (Å²) in [6.45, 7) is 0. The van der Waals surface area contributed by atoms with Gasteiger partial charge >= 0.3 is 6.18 Å². The number of methoxy groups -OCH3 is 1. The van der Waals surface area contributed by atoms with E-state index in [0.29, 0.717) is 0 Å². The van der Waals surface area contributed by atoms with Crippen LogP contribution in [0.15, 0.2) is 0 Å². The average Bonchev–Trinajstić information content (AvgIpc) is 2.01. The lowest BCUT2D eigenvalue weighted by molar-refractivity contribution is -0.210. The Balaban J connectivity index is 2.68. The number of Topliss-reactive ketones (excluding diaryl/α,β-unsaturated/α-hetero) is 1. The molecule has 0 amide bonds. The fraction of sp³-hybridized carbons (Fsp3) is 0.875.